The third-order valence-corrected chi connectivity index (χ3v) is 13.2. The molecule has 0 bridgehead atoms. The zero-order valence-electron chi connectivity index (χ0n) is 35.3. The molecular formula is C63H43N. The topological polar surface area (TPSA) is 4.93 Å². The van der Waals surface area contributed by atoms with E-state index in [4.69, 9.17) is 0 Å². The van der Waals surface area contributed by atoms with E-state index in [1.165, 1.54) is 110 Å². The third kappa shape index (κ3) is 6.49. The first-order chi connectivity index (χ1) is 31.8. The largest absolute Gasteiger partial charge is 0.309 e. The molecule has 0 radical (unpaired) electrons. The minimum absolute atomic E-state index is 0.0663. The SMILES string of the molecule is c1ccc(-c2ccc(C(c3ccc(-c4ccccc4)cc3)c3ccc(-c4cccc5c(-n6c7ccccc7c7c8c(-c9ccccc9)cccc8ccc76)cccc45)cc3)cc2)cc1. The molecule has 300 valence electrons. The lowest BCUT2D eigenvalue weighted by molar-refractivity contribution is 0.978. The van der Waals surface area contributed by atoms with Gasteiger partial charge in [0.2, 0.25) is 0 Å². The van der Waals surface area contributed by atoms with Gasteiger partial charge in [-0.3, -0.25) is 0 Å². The van der Waals surface area contributed by atoms with Gasteiger partial charge in [0.15, 0.2) is 0 Å². The van der Waals surface area contributed by atoms with Crippen LogP contribution in [-0.2, 0) is 0 Å². The molecule has 12 aromatic rings. The number of nitrogens with zero attached hydrogens (tertiary/aromatic N) is 1. The van der Waals surface area contributed by atoms with Crippen molar-refractivity contribution in [3.05, 3.63) is 271 Å². The quantitative estimate of drug-likeness (QED) is 0.135. The van der Waals surface area contributed by atoms with E-state index in [2.05, 4.69) is 259 Å². The molecule has 0 saturated carbocycles. The summed E-state index contributed by atoms with van der Waals surface area (Å²) in [6.07, 6.45) is 0. The van der Waals surface area contributed by atoms with Crippen molar-refractivity contribution in [3.8, 4) is 50.2 Å². The molecule has 12 rings (SSSR count). The summed E-state index contributed by atoms with van der Waals surface area (Å²) in [5, 5.41) is 7.53. The van der Waals surface area contributed by atoms with E-state index in [1.54, 1.807) is 0 Å². The lowest BCUT2D eigenvalue weighted by atomic mass is 9.83. The molecular weight excluding hydrogens is 771 g/mol. The van der Waals surface area contributed by atoms with Crippen LogP contribution in [0.4, 0.5) is 0 Å². The van der Waals surface area contributed by atoms with E-state index in [-0.39, 0.29) is 5.92 Å². The Labute approximate surface area is 373 Å². The van der Waals surface area contributed by atoms with Crippen LogP contribution in [0.25, 0.3) is 93.5 Å². The Balaban J connectivity index is 0.967. The molecule has 0 aliphatic heterocycles. The molecule has 1 aromatic heterocycles. The van der Waals surface area contributed by atoms with Crippen LogP contribution >= 0.6 is 0 Å². The van der Waals surface area contributed by atoms with Gasteiger partial charge in [0.25, 0.3) is 0 Å². The average Bonchev–Trinajstić information content (AvgIpc) is 3.72. The fourth-order valence-electron chi connectivity index (χ4n) is 10.1. The van der Waals surface area contributed by atoms with Crippen LogP contribution in [0.3, 0.4) is 0 Å². The van der Waals surface area contributed by atoms with Crippen LogP contribution in [-0.4, -0.2) is 4.57 Å². The van der Waals surface area contributed by atoms with Crippen LogP contribution in [0, 0.1) is 0 Å². The van der Waals surface area contributed by atoms with Crippen LogP contribution in [0.2, 0.25) is 0 Å². The van der Waals surface area contributed by atoms with Crippen molar-refractivity contribution in [2.75, 3.05) is 0 Å². The molecule has 0 unspecified atom stereocenters. The molecule has 0 fully saturated rings. The smallest absolute Gasteiger partial charge is 0.0548 e. The summed E-state index contributed by atoms with van der Waals surface area (Å²) in [7, 11) is 0. The van der Waals surface area contributed by atoms with Gasteiger partial charge in [-0.1, -0.05) is 237 Å². The zero-order chi connectivity index (χ0) is 42.4. The van der Waals surface area contributed by atoms with Crippen molar-refractivity contribution in [2.24, 2.45) is 0 Å². The first kappa shape index (κ1) is 37.5. The summed E-state index contributed by atoms with van der Waals surface area (Å²) in [5.74, 6) is 0.0663. The van der Waals surface area contributed by atoms with Gasteiger partial charge >= 0.3 is 0 Å². The van der Waals surface area contributed by atoms with E-state index in [9.17, 15) is 0 Å². The van der Waals surface area contributed by atoms with E-state index < -0.39 is 0 Å². The summed E-state index contributed by atoms with van der Waals surface area (Å²) in [4.78, 5) is 0. The van der Waals surface area contributed by atoms with Gasteiger partial charge in [0.1, 0.15) is 0 Å². The van der Waals surface area contributed by atoms with Crippen LogP contribution < -0.4 is 0 Å². The fraction of sp³-hybridized carbons (Fsp3) is 0.0159. The Morgan fingerprint density at radius 2 is 0.703 bits per heavy atom. The number of para-hydroxylation sites is 1. The van der Waals surface area contributed by atoms with Gasteiger partial charge < -0.3 is 4.57 Å². The van der Waals surface area contributed by atoms with Crippen molar-refractivity contribution in [1.82, 2.24) is 4.57 Å². The maximum Gasteiger partial charge on any atom is 0.0548 e. The van der Waals surface area contributed by atoms with Crippen LogP contribution in [0.1, 0.15) is 22.6 Å². The maximum atomic E-state index is 2.48. The van der Waals surface area contributed by atoms with E-state index in [0.29, 0.717) is 0 Å². The van der Waals surface area contributed by atoms with Crippen LogP contribution in [0.5, 0.6) is 0 Å². The first-order valence-electron chi connectivity index (χ1n) is 22.2. The summed E-state index contributed by atoms with van der Waals surface area (Å²) >= 11 is 0. The molecule has 0 saturated heterocycles. The minimum atomic E-state index is 0.0663. The Morgan fingerprint density at radius 3 is 1.33 bits per heavy atom. The Kier molecular flexibility index (Phi) is 9.31. The second-order valence-corrected chi connectivity index (χ2v) is 16.8. The van der Waals surface area contributed by atoms with Crippen molar-refractivity contribution in [2.45, 2.75) is 5.92 Å². The van der Waals surface area contributed by atoms with Gasteiger partial charge in [-0.25, -0.2) is 0 Å². The predicted molar refractivity (Wildman–Crippen MR) is 271 cm³/mol. The molecule has 1 nitrogen and oxygen atoms in total. The average molecular weight is 814 g/mol. The van der Waals surface area contributed by atoms with E-state index in [1.807, 2.05) is 0 Å². The summed E-state index contributed by atoms with van der Waals surface area (Å²) < 4.78 is 2.48. The summed E-state index contributed by atoms with van der Waals surface area (Å²) in [5.41, 5.74) is 17.2. The fourth-order valence-corrected chi connectivity index (χ4v) is 10.1. The number of benzene rings is 11. The molecule has 0 N–H and O–H groups in total. The molecule has 0 amide bonds. The van der Waals surface area contributed by atoms with E-state index in [0.717, 1.165) is 0 Å². The maximum absolute atomic E-state index is 2.48. The third-order valence-electron chi connectivity index (χ3n) is 13.2. The Hall–Kier alpha value is -8.26. The first-order valence-corrected chi connectivity index (χ1v) is 22.2. The lowest BCUT2D eigenvalue weighted by Gasteiger charge is -2.21. The van der Waals surface area contributed by atoms with Crippen molar-refractivity contribution >= 4 is 43.4 Å². The van der Waals surface area contributed by atoms with Crippen molar-refractivity contribution in [3.63, 3.8) is 0 Å². The van der Waals surface area contributed by atoms with Gasteiger partial charge in [0, 0.05) is 22.1 Å². The van der Waals surface area contributed by atoms with Crippen molar-refractivity contribution < 1.29 is 0 Å². The highest BCUT2D eigenvalue weighted by Crippen LogP contribution is 2.43. The van der Waals surface area contributed by atoms with Crippen molar-refractivity contribution in [1.29, 1.82) is 0 Å². The highest BCUT2D eigenvalue weighted by atomic mass is 15.0. The number of fused-ring (bicyclic) bond motifs is 6. The van der Waals surface area contributed by atoms with Gasteiger partial charge in [0.05, 0.1) is 16.7 Å². The highest BCUT2D eigenvalue weighted by Gasteiger charge is 2.21. The van der Waals surface area contributed by atoms with Gasteiger partial charge in [-0.15, -0.1) is 0 Å². The highest BCUT2D eigenvalue weighted by molar-refractivity contribution is 6.25. The molecule has 1 heterocycles. The monoisotopic (exact) mass is 813 g/mol. The minimum Gasteiger partial charge on any atom is -0.309 e. The molecule has 0 aliphatic carbocycles. The Bertz CT molecular complexity index is 3520. The standard InChI is InChI=1S/C63H43N/c1-4-15-43(16-5-1)45-29-35-50(36-30-45)61(51-37-31-46(32-38-51)44-17-6-2-7-18-44)52-39-33-48(34-40-52)53-23-13-26-56-55(53)25-14-28-58(56)64-59-27-11-10-22-57(59)63-60(64)42-41-49-21-12-24-54(62(49)63)47-19-8-3-9-20-47/h1-42,61H. The molecule has 0 spiro atoms. The Morgan fingerprint density at radius 1 is 0.250 bits per heavy atom. The summed E-state index contributed by atoms with van der Waals surface area (Å²) in [6.45, 7) is 0. The van der Waals surface area contributed by atoms with Gasteiger partial charge in [-0.05, 0) is 95.6 Å². The number of aromatic nitrogens is 1. The normalized spacial score (nSPS) is 11.6. The second-order valence-electron chi connectivity index (χ2n) is 16.8. The summed E-state index contributed by atoms with van der Waals surface area (Å²) in [6, 6.07) is 93.4. The zero-order valence-corrected chi connectivity index (χ0v) is 35.3. The second kappa shape index (κ2) is 15.9. The number of rotatable bonds is 8. The molecule has 0 atom stereocenters. The number of hydrogen-bond donors (Lipinski definition) is 0. The molecule has 64 heavy (non-hydrogen) atoms. The van der Waals surface area contributed by atoms with E-state index >= 15 is 0 Å². The lowest BCUT2D eigenvalue weighted by Crippen LogP contribution is -2.03. The number of hydrogen-bond acceptors (Lipinski definition) is 0. The van der Waals surface area contributed by atoms with Gasteiger partial charge in [-0.2, -0.15) is 0 Å². The molecule has 11 aromatic carbocycles. The molecule has 0 aliphatic rings. The predicted octanol–water partition coefficient (Wildman–Crippen LogP) is 16.9. The van der Waals surface area contributed by atoms with Crippen LogP contribution in [0.15, 0.2) is 255 Å². The molecule has 1 heteroatoms.